The molecule has 2 heterocycles. The number of hydrogen-bond acceptors (Lipinski definition) is 4. The largest absolute Gasteiger partial charge is 0.357 e. The highest BCUT2D eigenvalue weighted by molar-refractivity contribution is 7.15. The summed E-state index contributed by atoms with van der Waals surface area (Å²) in [7, 11) is 0. The number of benzene rings is 1. The van der Waals surface area contributed by atoms with E-state index in [4.69, 9.17) is 9.98 Å². The lowest BCUT2D eigenvalue weighted by Gasteiger charge is -2.32. The van der Waals surface area contributed by atoms with Gasteiger partial charge in [0.2, 0.25) is 0 Å². The van der Waals surface area contributed by atoms with Crippen molar-refractivity contribution in [2.24, 2.45) is 4.99 Å². The van der Waals surface area contributed by atoms with Crippen LogP contribution in [0.5, 0.6) is 0 Å². The second kappa shape index (κ2) is 10.6. The molecule has 1 aromatic heterocycles. The molecule has 0 unspecified atom stereocenters. The molecule has 5 nitrogen and oxygen atoms in total. The van der Waals surface area contributed by atoms with E-state index in [1.165, 1.54) is 49.3 Å². The zero-order chi connectivity index (χ0) is 19.8. The lowest BCUT2D eigenvalue weighted by molar-refractivity contribution is 0.206. The number of guanidine groups is 1. The van der Waals surface area contributed by atoms with Gasteiger partial charge in [-0.25, -0.2) is 9.98 Å². The number of nitrogens with zero attached hydrogens (tertiary/aromatic N) is 3. The molecule has 0 amide bonds. The van der Waals surface area contributed by atoms with Gasteiger partial charge < -0.3 is 15.5 Å². The average Bonchev–Trinajstić information content (AvgIpc) is 3.09. The minimum atomic E-state index is 0.508. The van der Waals surface area contributed by atoms with Crippen LogP contribution in [0.15, 0.2) is 35.3 Å². The third-order valence-corrected chi connectivity index (χ3v) is 6.30. The molecule has 0 saturated carbocycles. The number of hydrogen-bond donors (Lipinski definition) is 2. The summed E-state index contributed by atoms with van der Waals surface area (Å²) in [5, 5.41) is 8.12. The summed E-state index contributed by atoms with van der Waals surface area (Å²) in [4.78, 5) is 13.4. The maximum Gasteiger partial charge on any atom is 0.191 e. The Bertz CT molecular complexity index is 748. The summed E-state index contributed by atoms with van der Waals surface area (Å²) < 4.78 is 0. The normalized spacial score (nSPS) is 16.3. The first-order valence-corrected chi connectivity index (χ1v) is 11.3. The van der Waals surface area contributed by atoms with Crippen LogP contribution >= 0.6 is 11.3 Å². The fraction of sp³-hybridized carbons (Fsp3) is 0.545. The average molecular weight is 400 g/mol. The van der Waals surface area contributed by atoms with Crippen LogP contribution in [0.4, 0.5) is 0 Å². The van der Waals surface area contributed by atoms with Gasteiger partial charge in [0.1, 0.15) is 5.01 Å². The van der Waals surface area contributed by atoms with E-state index >= 15 is 0 Å². The second-order valence-electron chi connectivity index (χ2n) is 7.35. The quantitative estimate of drug-likeness (QED) is 0.545. The van der Waals surface area contributed by atoms with Crippen molar-refractivity contribution in [1.29, 1.82) is 0 Å². The molecule has 0 bridgehead atoms. The Labute approximate surface area is 173 Å². The number of piperidine rings is 1. The number of thiazole rings is 1. The van der Waals surface area contributed by atoms with Crippen LogP contribution in [0.25, 0.3) is 10.6 Å². The molecule has 0 aliphatic carbocycles. The fourth-order valence-corrected chi connectivity index (χ4v) is 4.55. The topological polar surface area (TPSA) is 52.5 Å². The van der Waals surface area contributed by atoms with Crippen molar-refractivity contribution in [3.8, 4) is 10.6 Å². The van der Waals surface area contributed by atoms with Gasteiger partial charge in [-0.2, -0.15) is 0 Å². The number of aryl methyl sites for hydroxylation is 1. The Balaban J connectivity index is 1.61. The maximum atomic E-state index is 4.85. The number of rotatable bonds is 7. The van der Waals surface area contributed by atoms with E-state index < -0.39 is 0 Å². The van der Waals surface area contributed by atoms with Gasteiger partial charge in [-0.3, -0.25) is 0 Å². The van der Waals surface area contributed by atoms with Crippen molar-refractivity contribution in [1.82, 2.24) is 20.5 Å². The van der Waals surface area contributed by atoms with E-state index in [0.717, 1.165) is 23.2 Å². The van der Waals surface area contributed by atoms with E-state index in [1.54, 1.807) is 11.3 Å². The molecule has 6 heteroatoms. The molecule has 2 N–H and O–H groups in total. The van der Waals surface area contributed by atoms with Crippen LogP contribution in [0, 0.1) is 6.92 Å². The molecule has 1 aliphatic rings. The number of likely N-dealkylation sites (tertiary alicyclic amines) is 1. The van der Waals surface area contributed by atoms with Crippen molar-refractivity contribution in [2.75, 3.05) is 26.2 Å². The van der Waals surface area contributed by atoms with E-state index in [0.29, 0.717) is 12.6 Å². The van der Waals surface area contributed by atoms with Gasteiger partial charge in [-0.15, -0.1) is 11.3 Å². The lowest BCUT2D eigenvalue weighted by atomic mass is 10.1. The van der Waals surface area contributed by atoms with Gasteiger partial charge in [-0.05, 0) is 39.7 Å². The Morgan fingerprint density at radius 1 is 1.21 bits per heavy atom. The summed E-state index contributed by atoms with van der Waals surface area (Å²) >= 11 is 1.74. The van der Waals surface area contributed by atoms with Crippen LogP contribution in [0.1, 0.15) is 43.7 Å². The first-order valence-electron chi connectivity index (χ1n) is 10.5. The van der Waals surface area contributed by atoms with Crippen LogP contribution < -0.4 is 10.6 Å². The highest BCUT2D eigenvalue weighted by Crippen LogP contribution is 2.28. The molecular formula is C22H33N5S. The SMILES string of the molecule is CCCN1CCC(NC(=NCc2sc(-c3ccccc3)nc2C)NCC)CC1. The summed E-state index contributed by atoms with van der Waals surface area (Å²) in [5.74, 6) is 0.922. The Kier molecular flexibility index (Phi) is 7.86. The van der Waals surface area contributed by atoms with Crippen molar-refractivity contribution < 1.29 is 0 Å². The van der Waals surface area contributed by atoms with Gasteiger partial charge in [0.25, 0.3) is 0 Å². The van der Waals surface area contributed by atoms with Crippen molar-refractivity contribution >= 4 is 17.3 Å². The predicted octanol–water partition coefficient (Wildman–Crippen LogP) is 4.05. The molecule has 3 rings (SSSR count). The number of nitrogens with one attached hydrogen (secondary N) is 2. The maximum absolute atomic E-state index is 4.85. The van der Waals surface area contributed by atoms with Gasteiger partial charge in [-0.1, -0.05) is 37.3 Å². The van der Waals surface area contributed by atoms with Crippen LogP contribution in [0.3, 0.4) is 0 Å². The zero-order valence-electron chi connectivity index (χ0n) is 17.4. The highest BCUT2D eigenvalue weighted by Gasteiger charge is 2.19. The standard InChI is InChI=1S/C22H33N5S/c1-4-13-27-14-11-19(12-15-27)26-22(23-5-2)24-16-20-17(3)25-21(28-20)18-9-7-6-8-10-18/h6-10,19H,4-5,11-16H2,1-3H3,(H2,23,24,26). The summed E-state index contributed by atoms with van der Waals surface area (Å²) in [6.07, 6.45) is 3.60. The first kappa shape index (κ1) is 20.8. The molecule has 1 fully saturated rings. The predicted molar refractivity (Wildman–Crippen MR) is 120 cm³/mol. The van der Waals surface area contributed by atoms with E-state index in [2.05, 4.69) is 60.6 Å². The molecular weight excluding hydrogens is 366 g/mol. The molecule has 28 heavy (non-hydrogen) atoms. The Hall–Kier alpha value is -1.92. The lowest BCUT2D eigenvalue weighted by Crippen LogP contribution is -2.48. The van der Waals surface area contributed by atoms with Crippen LogP contribution in [0.2, 0.25) is 0 Å². The molecule has 0 radical (unpaired) electrons. The first-order chi connectivity index (χ1) is 13.7. The molecule has 2 aromatic rings. The minimum Gasteiger partial charge on any atom is -0.357 e. The van der Waals surface area contributed by atoms with Crippen molar-refractivity contribution in [2.45, 2.75) is 52.6 Å². The highest BCUT2D eigenvalue weighted by atomic mass is 32.1. The van der Waals surface area contributed by atoms with Gasteiger partial charge in [0.05, 0.1) is 12.2 Å². The molecule has 0 spiro atoms. The minimum absolute atomic E-state index is 0.508. The van der Waals surface area contributed by atoms with E-state index in [9.17, 15) is 0 Å². The molecule has 1 saturated heterocycles. The third-order valence-electron chi connectivity index (χ3n) is 5.11. The Morgan fingerprint density at radius 3 is 2.64 bits per heavy atom. The molecule has 1 aliphatic heterocycles. The molecule has 1 aromatic carbocycles. The second-order valence-corrected chi connectivity index (χ2v) is 8.43. The van der Waals surface area contributed by atoms with Gasteiger partial charge in [0, 0.05) is 36.1 Å². The van der Waals surface area contributed by atoms with Gasteiger partial charge in [0.15, 0.2) is 5.96 Å². The Morgan fingerprint density at radius 2 is 1.96 bits per heavy atom. The van der Waals surface area contributed by atoms with Crippen LogP contribution in [-0.4, -0.2) is 48.1 Å². The van der Waals surface area contributed by atoms with Crippen molar-refractivity contribution in [3.63, 3.8) is 0 Å². The van der Waals surface area contributed by atoms with E-state index in [1.807, 2.05) is 6.07 Å². The third kappa shape index (κ3) is 5.79. The number of aromatic nitrogens is 1. The van der Waals surface area contributed by atoms with Gasteiger partial charge >= 0.3 is 0 Å². The monoisotopic (exact) mass is 399 g/mol. The molecule has 152 valence electrons. The molecule has 0 atom stereocenters. The van der Waals surface area contributed by atoms with Crippen LogP contribution in [-0.2, 0) is 6.54 Å². The van der Waals surface area contributed by atoms with Crippen molar-refractivity contribution in [3.05, 3.63) is 40.9 Å². The summed E-state index contributed by atoms with van der Waals surface area (Å²) in [5.41, 5.74) is 2.26. The number of aliphatic imine (C=N–C) groups is 1. The fourth-order valence-electron chi connectivity index (χ4n) is 3.56. The van der Waals surface area contributed by atoms with E-state index in [-0.39, 0.29) is 0 Å². The zero-order valence-corrected chi connectivity index (χ0v) is 18.2. The summed E-state index contributed by atoms with van der Waals surface area (Å²) in [6.45, 7) is 11.6. The summed E-state index contributed by atoms with van der Waals surface area (Å²) in [6, 6.07) is 10.9. The smallest absolute Gasteiger partial charge is 0.191 e.